The lowest BCUT2D eigenvalue weighted by atomic mass is 9.82. The van der Waals surface area contributed by atoms with Gasteiger partial charge in [-0.25, -0.2) is 20.1 Å². The van der Waals surface area contributed by atoms with Crippen LogP contribution in [0.2, 0.25) is 0 Å². The molecular weight excluding hydrogens is 578 g/mol. The summed E-state index contributed by atoms with van der Waals surface area (Å²) >= 11 is 0. The van der Waals surface area contributed by atoms with Crippen molar-refractivity contribution in [1.29, 1.82) is 0 Å². The first kappa shape index (κ1) is 33.7. The molecule has 1 aliphatic heterocycles. The van der Waals surface area contributed by atoms with Gasteiger partial charge in [0.25, 0.3) is 5.91 Å². The molecule has 4 rings (SSSR count). The third-order valence-corrected chi connectivity index (χ3v) is 8.27. The zero-order valence-electron chi connectivity index (χ0n) is 27.0. The van der Waals surface area contributed by atoms with Gasteiger partial charge in [0.05, 0.1) is 26.7 Å². The van der Waals surface area contributed by atoms with Gasteiger partial charge in [-0.3, -0.25) is 24.2 Å². The third kappa shape index (κ3) is 8.50. The van der Waals surface area contributed by atoms with Gasteiger partial charge in [0.2, 0.25) is 5.91 Å². The number of methoxy groups -OCH3 is 1. The minimum Gasteiger partial charge on any atom is -0.497 e. The van der Waals surface area contributed by atoms with Crippen LogP contribution in [0.5, 0.6) is 5.75 Å². The first-order chi connectivity index (χ1) is 21.4. The molecule has 1 aromatic carbocycles. The molecule has 0 radical (unpaired) electrons. The molecule has 2 N–H and O–H groups in total. The molecule has 0 bridgehead atoms. The molecule has 244 valence electrons. The number of rotatable bonds is 10. The van der Waals surface area contributed by atoms with Gasteiger partial charge in [-0.15, -0.1) is 0 Å². The number of pyridine rings is 1. The highest BCUT2D eigenvalue weighted by atomic mass is 16.6. The number of carbonyl (C=O) groups excluding carboxylic acids is 4. The summed E-state index contributed by atoms with van der Waals surface area (Å²) in [5, 5.41) is 2.95. The number of imide groups is 1. The van der Waals surface area contributed by atoms with Crippen LogP contribution >= 0.6 is 0 Å². The number of aromatic nitrogens is 1. The normalized spacial score (nSPS) is 19.2. The highest BCUT2D eigenvalue weighted by molar-refractivity contribution is 6.08. The van der Waals surface area contributed by atoms with Crippen molar-refractivity contribution >= 4 is 29.8 Å². The van der Waals surface area contributed by atoms with Crippen molar-refractivity contribution in [3.63, 3.8) is 0 Å². The summed E-state index contributed by atoms with van der Waals surface area (Å²) in [5.41, 5.74) is 3.02. The highest BCUT2D eigenvalue weighted by Gasteiger charge is 2.54. The van der Waals surface area contributed by atoms with Crippen LogP contribution < -0.4 is 20.4 Å². The van der Waals surface area contributed by atoms with Gasteiger partial charge in [-0.2, -0.15) is 0 Å². The molecule has 12 nitrogen and oxygen atoms in total. The van der Waals surface area contributed by atoms with Gasteiger partial charge < -0.3 is 14.8 Å². The summed E-state index contributed by atoms with van der Waals surface area (Å²) in [5.74, 6) is -0.527. The maximum atomic E-state index is 13.4. The van der Waals surface area contributed by atoms with E-state index >= 15 is 0 Å². The topological polar surface area (TPSA) is 139 Å². The minimum absolute atomic E-state index is 0.122. The van der Waals surface area contributed by atoms with Crippen LogP contribution in [0.3, 0.4) is 0 Å². The van der Waals surface area contributed by atoms with Crippen molar-refractivity contribution in [3.05, 3.63) is 53.7 Å². The summed E-state index contributed by atoms with van der Waals surface area (Å²) in [6.45, 7) is 7.47. The van der Waals surface area contributed by atoms with E-state index in [2.05, 4.69) is 15.8 Å². The number of benzene rings is 1. The number of likely N-dealkylation sites (tertiary alicyclic amines) is 1. The molecule has 2 aromatic rings. The lowest BCUT2D eigenvalue weighted by Crippen LogP contribution is -2.70. The molecule has 1 saturated carbocycles. The summed E-state index contributed by atoms with van der Waals surface area (Å²) in [6.07, 6.45) is 6.57. The van der Waals surface area contributed by atoms with Gasteiger partial charge in [0, 0.05) is 12.2 Å². The largest absolute Gasteiger partial charge is 0.497 e. The van der Waals surface area contributed by atoms with Gasteiger partial charge in [-0.05, 0) is 88.3 Å². The van der Waals surface area contributed by atoms with Crippen molar-refractivity contribution in [3.8, 4) is 5.75 Å². The first-order valence-electron chi connectivity index (χ1n) is 15.5. The number of ether oxygens (including phenoxy) is 2. The van der Waals surface area contributed by atoms with Crippen LogP contribution in [0.25, 0.3) is 0 Å². The standard InChI is InChI=1S/C33H45N5O7/c1-21(24-10-8-7-9-11-24)35-31(41)38-28(29(39)36-44-6)26(30(38)40)18-23-16-17-34-27(19-23)37(32(42)45-33(2,3)4)20-22-12-14-25(43-5)15-13-22/h12-17,19,21,24,26,28H,7-11,18,20H2,1-6H3,(H,35,41)(H,36,39)/t21-,26-,28+/m1/s1. The van der Waals surface area contributed by atoms with E-state index in [1.54, 1.807) is 58.3 Å². The molecule has 3 atom stereocenters. The van der Waals surface area contributed by atoms with E-state index in [-0.39, 0.29) is 19.0 Å². The van der Waals surface area contributed by atoms with E-state index in [0.29, 0.717) is 23.0 Å². The number of urea groups is 1. The number of amides is 5. The molecule has 0 unspecified atom stereocenters. The highest BCUT2D eigenvalue weighted by Crippen LogP contribution is 2.33. The van der Waals surface area contributed by atoms with Crippen molar-refractivity contribution in [1.82, 2.24) is 20.7 Å². The van der Waals surface area contributed by atoms with Crippen molar-refractivity contribution in [2.45, 2.75) is 90.4 Å². The van der Waals surface area contributed by atoms with Crippen LogP contribution in [0, 0.1) is 11.8 Å². The second-order valence-electron chi connectivity index (χ2n) is 12.7. The number of anilines is 1. The Morgan fingerprint density at radius 3 is 2.36 bits per heavy atom. The van der Waals surface area contributed by atoms with Crippen LogP contribution in [-0.2, 0) is 32.1 Å². The molecule has 45 heavy (non-hydrogen) atoms. The predicted octanol–water partition coefficient (Wildman–Crippen LogP) is 4.76. The SMILES string of the molecule is CONC(=O)[C@@H]1[C@@H](Cc2ccnc(N(Cc3ccc(OC)cc3)C(=O)OC(C)(C)C)c2)C(=O)N1C(=O)N[C@H](C)C1CCCCC1. The first-order valence-corrected chi connectivity index (χ1v) is 15.5. The van der Waals surface area contributed by atoms with Gasteiger partial charge in [0.1, 0.15) is 23.2 Å². The molecule has 12 heteroatoms. The summed E-state index contributed by atoms with van der Waals surface area (Å²) < 4.78 is 10.9. The van der Waals surface area contributed by atoms with Crippen LogP contribution in [0.15, 0.2) is 42.6 Å². The van der Waals surface area contributed by atoms with Crippen molar-refractivity contribution in [2.75, 3.05) is 19.1 Å². The van der Waals surface area contributed by atoms with E-state index in [1.807, 2.05) is 19.1 Å². The number of hydrogen-bond donors (Lipinski definition) is 2. The fourth-order valence-corrected chi connectivity index (χ4v) is 5.91. The van der Waals surface area contributed by atoms with Crippen LogP contribution in [0.4, 0.5) is 15.4 Å². The quantitative estimate of drug-likeness (QED) is 0.285. The molecule has 2 heterocycles. The van der Waals surface area contributed by atoms with E-state index < -0.39 is 41.5 Å². The van der Waals surface area contributed by atoms with E-state index in [4.69, 9.17) is 14.3 Å². The maximum Gasteiger partial charge on any atom is 0.416 e. The van der Waals surface area contributed by atoms with Gasteiger partial charge in [-0.1, -0.05) is 31.4 Å². The molecule has 0 spiro atoms. The summed E-state index contributed by atoms with van der Waals surface area (Å²) in [7, 11) is 2.88. The van der Waals surface area contributed by atoms with Crippen LogP contribution in [-0.4, -0.2) is 65.7 Å². The Bertz CT molecular complexity index is 1350. The van der Waals surface area contributed by atoms with E-state index in [1.165, 1.54) is 18.4 Å². The Hall–Kier alpha value is -4.19. The van der Waals surface area contributed by atoms with Crippen molar-refractivity contribution in [2.24, 2.45) is 11.8 Å². The average molecular weight is 624 g/mol. The number of hydrogen-bond acceptors (Lipinski definition) is 8. The lowest BCUT2D eigenvalue weighted by Gasteiger charge is -2.44. The summed E-state index contributed by atoms with van der Waals surface area (Å²) in [4.78, 5) is 64.7. The predicted molar refractivity (Wildman–Crippen MR) is 167 cm³/mol. The molecule has 2 fully saturated rings. The Morgan fingerprint density at radius 1 is 1.04 bits per heavy atom. The maximum absolute atomic E-state index is 13.4. The number of carbonyl (C=O) groups is 4. The molecule has 2 aliphatic rings. The Morgan fingerprint density at radius 2 is 1.73 bits per heavy atom. The molecular formula is C33H45N5O7. The van der Waals surface area contributed by atoms with Gasteiger partial charge >= 0.3 is 12.1 Å². The fraction of sp³-hybridized carbons (Fsp3) is 0.545. The van der Waals surface area contributed by atoms with Crippen molar-refractivity contribution < 1.29 is 33.5 Å². The zero-order valence-corrected chi connectivity index (χ0v) is 27.0. The monoisotopic (exact) mass is 623 g/mol. The van der Waals surface area contributed by atoms with E-state index in [0.717, 1.165) is 36.1 Å². The number of nitrogens with zero attached hydrogens (tertiary/aromatic N) is 3. The average Bonchev–Trinajstić information content (AvgIpc) is 3.01. The Kier molecular flexibility index (Phi) is 11.0. The molecule has 5 amide bonds. The second-order valence-corrected chi connectivity index (χ2v) is 12.7. The Balaban J connectivity index is 1.54. The Labute approximate surface area is 264 Å². The smallest absolute Gasteiger partial charge is 0.416 e. The molecule has 1 saturated heterocycles. The number of hydroxylamine groups is 1. The zero-order chi connectivity index (χ0) is 32.7. The molecule has 1 aromatic heterocycles. The third-order valence-electron chi connectivity index (χ3n) is 8.27. The fourth-order valence-electron chi connectivity index (χ4n) is 5.91. The lowest BCUT2D eigenvalue weighted by molar-refractivity contribution is -0.161. The molecule has 1 aliphatic carbocycles. The minimum atomic E-state index is -1.06. The number of nitrogens with one attached hydrogen (secondary N) is 2. The van der Waals surface area contributed by atoms with Crippen LogP contribution in [0.1, 0.15) is 70.9 Å². The number of β-lactam (4-membered cyclic amide) rings is 1. The van der Waals surface area contributed by atoms with Gasteiger partial charge in [0.15, 0.2) is 0 Å². The van der Waals surface area contributed by atoms with E-state index in [9.17, 15) is 19.2 Å². The second kappa shape index (κ2) is 14.7. The summed E-state index contributed by atoms with van der Waals surface area (Å²) in [6, 6.07) is 8.95.